The van der Waals surface area contributed by atoms with E-state index in [1.165, 1.54) is 13.2 Å². The molecule has 0 heterocycles. The van der Waals surface area contributed by atoms with Gasteiger partial charge in [0, 0.05) is 6.07 Å². The largest absolute Gasteiger partial charge is 0.495 e. The summed E-state index contributed by atoms with van der Waals surface area (Å²) in [7, 11) is 1.41. The third kappa shape index (κ3) is 2.04. The Hall–Kier alpha value is -1.10. The predicted octanol–water partition coefficient (Wildman–Crippen LogP) is 1.99. The number of carbonyl (C=O) groups excluding carboxylic acids is 1. The highest BCUT2D eigenvalue weighted by molar-refractivity contribution is 9.09. The molecule has 0 unspecified atom stereocenters. The summed E-state index contributed by atoms with van der Waals surface area (Å²) in [6.45, 7) is 0. The minimum absolute atomic E-state index is 0.0204. The first-order valence-corrected chi connectivity index (χ1v) is 4.94. The topological polar surface area (TPSA) is 52.3 Å². The Bertz CT molecular complexity index is 368. The lowest BCUT2D eigenvalue weighted by Gasteiger charge is -2.07. The second-order valence-electron chi connectivity index (χ2n) is 2.63. The predicted molar refractivity (Wildman–Crippen MR) is 55.5 cm³/mol. The highest BCUT2D eigenvalue weighted by Crippen LogP contribution is 2.25. The molecule has 1 aromatic rings. The van der Waals surface area contributed by atoms with Gasteiger partial charge in [0.15, 0.2) is 5.78 Å². The van der Waals surface area contributed by atoms with Crippen molar-refractivity contribution in [2.24, 2.45) is 0 Å². The third-order valence-electron chi connectivity index (χ3n) is 1.74. The summed E-state index contributed by atoms with van der Waals surface area (Å²) in [6, 6.07) is 2.38. The Morgan fingerprint density at radius 2 is 2.29 bits per heavy atom. The molecule has 1 rings (SSSR count). The zero-order chi connectivity index (χ0) is 10.7. The van der Waals surface area contributed by atoms with Gasteiger partial charge >= 0.3 is 0 Å². The summed E-state index contributed by atoms with van der Waals surface area (Å²) in [5.74, 6) is -0.677. The molecule has 3 nitrogen and oxygen atoms in total. The molecular weight excluding hydrogens is 253 g/mol. The number of carbonyl (C=O) groups is 1. The van der Waals surface area contributed by atoms with Crippen LogP contribution in [0.25, 0.3) is 0 Å². The van der Waals surface area contributed by atoms with E-state index in [1.54, 1.807) is 0 Å². The van der Waals surface area contributed by atoms with Gasteiger partial charge in [0.1, 0.15) is 11.6 Å². The van der Waals surface area contributed by atoms with E-state index in [9.17, 15) is 9.18 Å². The van der Waals surface area contributed by atoms with Crippen molar-refractivity contribution in [3.63, 3.8) is 0 Å². The van der Waals surface area contributed by atoms with Gasteiger partial charge in [-0.1, -0.05) is 15.9 Å². The Labute approximate surface area is 89.2 Å². The van der Waals surface area contributed by atoms with Gasteiger partial charge in [-0.3, -0.25) is 4.79 Å². The molecule has 0 radical (unpaired) electrons. The molecule has 2 N–H and O–H groups in total. The number of benzene rings is 1. The molecule has 0 aliphatic rings. The van der Waals surface area contributed by atoms with E-state index < -0.39 is 5.82 Å². The average Bonchev–Trinajstić information content (AvgIpc) is 2.17. The molecule has 0 aliphatic heterocycles. The Morgan fingerprint density at radius 3 is 2.79 bits per heavy atom. The molecular formula is C9H9BrFNO2. The Balaban J connectivity index is 3.24. The Kier molecular flexibility index (Phi) is 3.46. The van der Waals surface area contributed by atoms with Crippen LogP contribution in [0.1, 0.15) is 10.4 Å². The van der Waals surface area contributed by atoms with Gasteiger partial charge in [0.25, 0.3) is 0 Å². The van der Waals surface area contributed by atoms with Crippen molar-refractivity contribution >= 4 is 27.4 Å². The van der Waals surface area contributed by atoms with Crippen LogP contribution in [0.2, 0.25) is 0 Å². The molecule has 0 saturated heterocycles. The van der Waals surface area contributed by atoms with Crippen LogP contribution in [0, 0.1) is 5.82 Å². The number of rotatable bonds is 3. The van der Waals surface area contributed by atoms with Crippen molar-refractivity contribution in [3.05, 3.63) is 23.5 Å². The quantitative estimate of drug-likeness (QED) is 0.515. The van der Waals surface area contributed by atoms with E-state index in [2.05, 4.69) is 15.9 Å². The maximum absolute atomic E-state index is 13.2. The SMILES string of the molecule is COc1cc(C(=O)CBr)c(F)cc1N. The van der Waals surface area contributed by atoms with Crippen LogP contribution in [0.3, 0.4) is 0 Å². The molecule has 14 heavy (non-hydrogen) atoms. The minimum Gasteiger partial charge on any atom is -0.495 e. The molecule has 5 heteroatoms. The fourth-order valence-corrected chi connectivity index (χ4v) is 1.33. The van der Waals surface area contributed by atoms with Gasteiger partial charge in [-0.15, -0.1) is 0 Å². The first kappa shape index (κ1) is 11.0. The molecule has 0 bridgehead atoms. The van der Waals surface area contributed by atoms with Crippen molar-refractivity contribution < 1.29 is 13.9 Å². The van der Waals surface area contributed by atoms with Crippen molar-refractivity contribution in [2.45, 2.75) is 0 Å². The van der Waals surface area contributed by atoms with Gasteiger partial charge in [-0.25, -0.2) is 4.39 Å². The molecule has 1 aromatic carbocycles. The summed E-state index contributed by atoms with van der Waals surface area (Å²) in [4.78, 5) is 11.2. The normalized spacial score (nSPS) is 9.93. The van der Waals surface area contributed by atoms with Crippen LogP contribution >= 0.6 is 15.9 Å². The number of anilines is 1. The molecule has 0 amide bonds. The van der Waals surface area contributed by atoms with Crippen LogP contribution in [0.5, 0.6) is 5.75 Å². The van der Waals surface area contributed by atoms with Gasteiger partial charge in [-0.05, 0) is 6.07 Å². The summed E-state index contributed by atoms with van der Waals surface area (Å²) in [5.41, 5.74) is 5.61. The lowest BCUT2D eigenvalue weighted by atomic mass is 10.1. The zero-order valence-corrected chi connectivity index (χ0v) is 9.10. The number of nitrogens with two attached hydrogens (primary N) is 1. The number of methoxy groups -OCH3 is 1. The summed E-state index contributed by atoms with van der Waals surface area (Å²) < 4.78 is 18.1. The van der Waals surface area contributed by atoms with Crippen molar-refractivity contribution in [1.29, 1.82) is 0 Å². The number of Topliss-reactive ketones (excluding diaryl/α,β-unsaturated/α-hetero) is 1. The lowest BCUT2D eigenvalue weighted by molar-refractivity contribution is 0.101. The standard InChI is InChI=1S/C9H9BrFNO2/c1-14-9-2-5(8(13)4-10)6(11)3-7(9)12/h2-3H,4,12H2,1H3. The molecule has 0 spiro atoms. The second kappa shape index (κ2) is 4.41. The van der Waals surface area contributed by atoms with E-state index in [-0.39, 0.29) is 22.4 Å². The van der Waals surface area contributed by atoms with Crippen LogP contribution in [0.4, 0.5) is 10.1 Å². The summed E-state index contributed by atoms with van der Waals surface area (Å²) >= 11 is 2.96. The summed E-state index contributed by atoms with van der Waals surface area (Å²) in [6.07, 6.45) is 0. The third-order valence-corrected chi connectivity index (χ3v) is 2.25. The molecule has 0 aromatic heterocycles. The average molecular weight is 262 g/mol. The number of ketones is 1. The number of hydrogen-bond acceptors (Lipinski definition) is 3. The maximum Gasteiger partial charge on any atom is 0.176 e. The first-order valence-electron chi connectivity index (χ1n) is 3.82. The lowest BCUT2D eigenvalue weighted by Crippen LogP contribution is -2.05. The monoisotopic (exact) mass is 261 g/mol. The molecule has 0 saturated carbocycles. The zero-order valence-electron chi connectivity index (χ0n) is 7.51. The van der Waals surface area contributed by atoms with E-state index in [1.807, 2.05) is 0 Å². The van der Waals surface area contributed by atoms with Crippen LogP contribution < -0.4 is 10.5 Å². The Morgan fingerprint density at radius 1 is 1.64 bits per heavy atom. The highest BCUT2D eigenvalue weighted by Gasteiger charge is 2.13. The van der Waals surface area contributed by atoms with Gasteiger partial charge in [-0.2, -0.15) is 0 Å². The number of nitrogen functional groups attached to an aromatic ring is 1. The summed E-state index contributed by atoms with van der Waals surface area (Å²) in [5, 5.41) is 0.0665. The fourth-order valence-electron chi connectivity index (χ4n) is 1.03. The highest BCUT2D eigenvalue weighted by atomic mass is 79.9. The second-order valence-corrected chi connectivity index (χ2v) is 3.19. The molecule has 76 valence electrons. The van der Waals surface area contributed by atoms with Crippen LogP contribution in [-0.4, -0.2) is 18.2 Å². The van der Waals surface area contributed by atoms with E-state index in [0.717, 1.165) is 6.07 Å². The van der Waals surface area contributed by atoms with E-state index >= 15 is 0 Å². The fraction of sp³-hybridized carbons (Fsp3) is 0.222. The van der Waals surface area contributed by atoms with E-state index in [4.69, 9.17) is 10.5 Å². The van der Waals surface area contributed by atoms with Crippen molar-refractivity contribution in [1.82, 2.24) is 0 Å². The number of halogens is 2. The van der Waals surface area contributed by atoms with Crippen molar-refractivity contribution in [3.8, 4) is 5.75 Å². The maximum atomic E-state index is 13.2. The van der Waals surface area contributed by atoms with Crippen LogP contribution in [-0.2, 0) is 0 Å². The smallest absolute Gasteiger partial charge is 0.176 e. The first-order chi connectivity index (χ1) is 6.60. The van der Waals surface area contributed by atoms with Gasteiger partial charge in [0.05, 0.1) is 23.7 Å². The van der Waals surface area contributed by atoms with Gasteiger partial charge in [0.2, 0.25) is 0 Å². The number of hydrogen-bond donors (Lipinski definition) is 1. The van der Waals surface area contributed by atoms with Crippen molar-refractivity contribution in [2.75, 3.05) is 18.2 Å². The molecule has 0 aliphatic carbocycles. The van der Waals surface area contributed by atoms with Crippen LogP contribution in [0.15, 0.2) is 12.1 Å². The van der Waals surface area contributed by atoms with Gasteiger partial charge < -0.3 is 10.5 Å². The van der Waals surface area contributed by atoms with E-state index in [0.29, 0.717) is 5.75 Å². The molecule has 0 atom stereocenters. The number of alkyl halides is 1. The molecule has 0 fully saturated rings. The number of ether oxygens (including phenoxy) is 1. The minimum atomic E-state index is -0.632.